The number of rotatable bonds is 3. The van der Waals surface area contributed by atoms with Crippen LogP contribution in [0.25, 0.3) is 0 Å². The molecule has 6 heteroatoms. The lowest BCUT2D eigenvalue weighted by Crippen LogP contribution is -2.19. The molecule has 0 radical (unpaired) electrons. The van der Waals surface area contributed by atoms with Crippen molar-refractivity contribution in [1.82, 2.24) is 9.97 Å². The van der Waals surface area contributed by atoms with Crippen LogP contribution in [0.3, 0.4) is 0 Å². The summed E-state index contributed by atoms with van der Waals surface area (Å²) < 4.78 is 0. The topological polar surface area (TPSA) is 78.8 Å². The first-order valence-corrected chi connectivity index (χ1v) is 5.96. The van der Waals surface area contributed by atoms with Crippen molar-refractivity contribution in [3.8, 4) is 6.07 Å². The van der Waals surface area contributed by atoms with E-state index in [1.165, 1.54) is 0 Å². The Bertz CT molecular complexity index is 635. The van der Waals surface area contributed by atoms with Gasteiger partial charge in [0.05, 0.1) is 0 Å². The molecule has 0 atom stereocenters. The van der Waals surface area contributed by atoms with Crippen LogP contribution in [-0.2, 0) is 6.54 Å². The first-order chi connectivity index (χ1) is 9.10. The second-order valence-corrected chi connectivity index (χ2v) is 4.47. The van der Waals surface area contributed by atoms with Crippen molar-refractivity contribution in [1.29, 1.82) is 5.26 Å². The zero-order chi connectivity index (χ0) is 13.8. The molecule has 1 aromatic carbocycles. The van der Waals surface area contributed by atoms with Crippen LogP contribution in [-0.4, -0.2) is 17.0 Å². The zero-order valence-electron chi connectivity index (χ0n) is 10.3. The van der Waals surface area contributed by atoms with Crippen LogP contribution in [0.2, 0.25) is 5.02 Å². The molecule has 0 aliphatic heterocycles. The zero-order valence-corrected chi connectivity index (χ0v) is 11.1. The summed E-state index contributed by atoms with van der Waals surface area (Å²) in [6.07, 6.45) is 1.55. The highest BCUT2D eigenvalue weighted by Crippen LogP contribution is 2.21. The Kier molecular flexibility index (Phi) is 3.83. The fraction of sp³-hybridized carbons (Fsp3) is 0.154. The third-order valence-electron chi connectivity index (χ3n) is 2.58. The largest absolute Gasteiger partial charge is 0.399 e. The van der Waals surface area contributed by atoms with E-state index in [4.69, 9.17) is 22.6 Å². The molecule has 0 aliphatic rings. The van der Waals surface area contributed by atoms with Gasteiger partial charge in [0.1, 0.15) is 11.8 Å². The van der Waals surface area contributed by atoms with Gasteiger partial charge in [-0.25, -0.2) is 9.97 Å². The SMILES string of the molecule is CN(Cc1cc(N)ccc1Cl)c1nccc(C#N)n1. The fourth-order valence-corrected chi connectivity index (χ4v) is 1.81. The molecule has 1 heterocycles. The Labute approximate surface area is 116 Å². The van der Waals surface area contributed by atoms with Gasteiger partial charge < -0.3 is 10.6 Å². The van der Waals surface area contributed by atoms with Crippen molar-refractivity contribution in [3.63, 3.8) is 0 Å². The number of halogens is 1. The van der Waals surface area contributed by atoms with E-state index < -0.39 is 0 Å². The summed E-state index contributed by atoms with van der Waals surface area (Å²) >= 11 is 6.11. The van der Waals surface area contributed by atoms with Crippen LogP contribution < -0.4 is 10.6 Å². The predicted molar refractivity (Wildman–Crippen MR) is 74.7 cm³/mol. The number of anilines is 2. The number of hydrogen-bond acceptors (Lipinski definition) is 5. The summed E-state index contributed by atoms with van der Waals surface area (Å²) in [6.45, 7) is 0.513. The highest BCUT2D eigenvalue weighted by Gasteiger charge is 2.09. The number of aromatic nitrogens is 2. The highest BCUT2D eigenvalue weighted by molar-refractivity contribution is 6.31. The minimum Gasteiger partial charge on any atom is -0.399 e. The summed E-state index contributed by atoms with van der Waals surface area (Å²) in [6, 6.07) is 8.86. The maximum Gasteiger partial charge on any atom is 0.226 e. The molecule has 5 nitrogen and oxygen atoms in total. The van der Waals surface area contributed by atoms with Crippen molar-refractivity contribution < 1.29 is 0 Å². The van der Waals surface area contributed by atoms with E-state index in [0.29, 0.717) is 28.9 Å². The Balaban J connectivity index is 2.23. The van der Waals surface area contributed by atoms with Gasteiger partial charge in [0.2, 0.25) is 5.95 Å². The van der Waals surface area contributed by atoms with Crippen molar-refractivity contribution in [2.24, 2.45) is 0 Å². The van der Waals surface area contributed by atoms with Crippen LogP contribution in [0.15, 0.2) is 30.5 Å². The maximum atomic E-state index is 8.82. The Morgan fingerprint density at radius 1 is 1.42 bits per heavy atom. The fourth-order valence-electron chi connectivity index (χ4n) is 1.64. The molecule has 0 amide bonds. The summed E-state index contributed by atoms with van der Waals surface area (Å²) in [5.41, 5.74) is 7.60. The van der Waals surface area contributed by atoms with Gasteiger partial charge in [-0.3, -0.25) is 0 Å². The van der Waals surface area contributed by atoms with Crippen LogP contribution in [0.4, 0.5) is 11.6 Å². The lowest BCUT2D eigenvalue weighted by Gasteiger charge is -2.17. The molecule has 96 valence electrons. The molecule has 1 aromatic heterocycles. The maximum absolute atomic E-state index is 8.82. The average molecular weight is 274 g/mol. The molecule has 0 saturated carbocycles. The molecule has 0 bridgehead atoms. The molecule has 0 saturated heterocycles. The van der Waals surface area contributed by atoms with E-state index in [1.54, 1.807) is 24.4 Å². The summed E-state index contributed by atoms with van der Waals surface area (Å²) in [5.74, 6) is 0.470. The number of nitrogen functional groups attached to an aromatic ring is 1. The van der Waals surface area contributed by atoms with Gasteiger partial charge in [0, 0.05) is 30.5 Å². The minimum absolute atomic E-state index is 0.329. The first-order valence-electron chi connectivity index (χ1n) is 5.58. The molecule has 2 rings (SSSR count). The van der Waals surface area contributed by atoms with Crippen molar-refractivity contribution in [2.75, 3.05) is 17.7 Å². The number of nitrogens with zero attached hydrogens (tertiary/aromatic N) is 4. The summed E-state index contributed by atoms with van der Waals surface area (Å²) in [7, 11) is 1.83. The second-order valence-electron chi connectivity index (χ2n) is 4.06. The van der Waals surface area contributed by atoms with E-state index in [1.807, 2.05) is 24.1 Å². The van der Waals surface area contributed by atoms with E-state index in [2.05, 4.69) is 9.97 Å². The quantitative estimate of drug-likeness (QED) is 0.868. The molecule has 0 fully saturated rings. The Morgan fingerprint density at radius 2 is 2.21 bits per heavy atom. The number of nitriles is 1. The molecule has 2 N–H and O–H groups in total. The molecule has 19 heavy (non-hydrogen) atoms. The molecule has 0 spiro atoms. The number of benzene rings is 1. The minimum atomic E-state index is 0.329. The standard InChI is InChI=1S/C13H12ClN5/c1-19(13-17-5-4-11(7-15)18-13)8-9-6-10(16)2-3-12(9)14/h2-6H,8,16H2,1H3. The normalized spacial score (nSPS) is 9.95. The smallest absolute Gasteiger partial charge is 0.226 e. The van der Waals surface area contributed by atoms with Gasteiger partial charge >= 0.3 is 0 Å². The Morgan fingerprint density at radius 3 is 2.95 bits per heavy atom. The summed E-state index contributed by atoms with van der Waals surface area (Å²) in [4.78, 5) is 10.1. The van der Waals surface area contributed by atoms with Gasteiger partial charge in [-0.2, -0.15) is 5.26 Å². The van der Waals surface area contributed by atoms with Gasteiger partial charge in [-0.1, -0.05) is 11.6 Å². The van der Waals surface area contributed by atoms with Gasteiger partial charge in [-0.15, -0.1) is 0 Å². The number of hydrogen-bond donors (Lipinski definition) is 1. The third kappa shape index (κ3) is 3.12. The van der Waals surface area contributed by atoms with Gasteiger partial charge in [0.15, 0.2) is 0 Å². The lowest BCUT2D eigenvalue weighted by atomic mass is 10.2. The molecule has 0 aliphatic carbocycles. The number of nitrogens with two attached hydrogens (primary N) is 1. The molecular weight excluding hydrogens is 262 g/mol. The first kappa shape index (κ1) is 13.1. The van der Waals surface area contributed by atoms with E-state index >= 15 is 0 Å². The van der Waals surface area contributed by atoms with Crippen molar-refractivity contribution in [2.45, 2.75) is 6.54 Å². The van der Waals surface area contributed by atoms with Crippen LogP contribution in [0.5, 0.6) is 0 Å². The predicted octanol–water partition coefficient (Wildman–Crippen LogP) is 2.22. The van der Waals surface area contributed by atoms with E-state index in [0.717, 1.165) is 5.56 Å². The molecule has 2 aromatic rings. The van der Waals surface area contributed by atoms with Crippen molar-refractivity contribution >= 4 is 23.2 Å². The average Bonchev–Trinajstić information content (AvgIpc) is 2.43. The molecule has 0 unspecified atom stereocenters. The second kappa shape index (κ2) is 5.55. The molecular formula is C13H12ClN5. The van der Waals surface area contributed by atoms with Crippen LogP contribution >= 0.6 is 11.6 Å². The van der Waals surface area contributed by atoms with Crippen LogP contribution in [0, 0.1) is 11.3 Å². The van der Waals surface area contributed by atoms with E-state index in [9.17, 15) is 0 Å². The van der Waals surface area contributed by atoms with Crippen molar-refractivity contribution in [3.05, 3.63) is 46.7 Å². The lowest BCUT2D eigenvalue weighted by molar-refractivity contribution is 0.864. The third-order valence-corrected chi connectivity index (χ3v) is 2.94. The summed E-state index contributed by atoms with van der Waals surface area (Å²) in [5, 5.41) is 9.45. The highest BCUT2D eigenvalue weighted by atomic mass is 35.5. The van der Waals surface area contributed by atoms with Gasteiger partial charge in [0.25, 0.3) is 0 Å². The monoisotopic (exact) mass is 273 g/mol. The van der Waals surface area contributed by atoms with Gasteiger partial charge in [-0.05, 0) is 29.8 Å². The van der Waals surface area contributed by atoms with E-state index in [-0.39, 0.29) is 0 Å². The van der Waals surface area contributed by atoms with Crippen LogP contribution in [0.1, 0.15) is 11.3 Å². The Hall–Kier alpha value is -2.32.